The number of amides is 4. The molecule has 0 saturated carbocycles. The Bertz CT molecular complexity index is 487. The van der Waals surface area contributed by atoms with Gasteiger partial charge in [0.25, 0.3) is 5.91 Å². The molecule has 22 heavy (non-hydrogen) atoms. The number of carboxylic acids is 1. The summed E-state index contributed by atoms with van der Waals surface area (Å²) in [6, 6.07) is -1.41. The lowest BCUT2D eigenvalue weighted by molar-refractivity contribution is -0.143. The first-order valence-electron chi connectivity index (χ1n) is 7.22. The second-order valence-electron chi connectivity index (χ2n) is 6.24. The number of hydrogen-bond donors (Lipinski definition) is 3. The minimum Gasteiger partial charge on any atom is -0.480 e. The van der Waals surface area contributed by atoms with Crippen LogP contribution in [0.1, 0.15) is 40.5 Å². The second kappa shape index (κ2) is 6.76. The first kappa shape index (κ1) is 17.9. The van der Waals surface area contributed by atoms with E-state index < -0.39 is 29.5 Å². The van der Waals surface area contributed by atoms with Crippen LogP contribution in [0.5, 0.6) is 0 Å². The van der Waals surface area contributed by atoms with Crippen LogP contribution >= 0.6 is 0 Å². The first-order valence-corrected chi connectivity index (χ1v) is 7.22. The van der Waals surface area contributed by atoms with Gasteiger partial charge < -0.3 is 15.7 Å². The highest BCUT2D eigenvalue weighted by atomic mass is 16.4. The van der Waals surface area contributed by atoms with Crippen molar-refractivity contribution in [1.29, 1.82) is 0 Å². The molecular weight excluding hydrogens is 290 g/mol. The Morgan fingerprint density at radius 2 is 1.91 bits per heavy atom. The van der Waals surface area contributed by atoms with Crippen LogP contribution in [-0.2, 0) is 14.4 Å². The molecule has 0 aromatic rings. The van der Waals surface area contributed by atoms with Crippen LogP contribution in [0.15, 0.2) is 0 Å². The number of nitrogens with zero attached hydrogens (tertiary/aromatic N) is 1. The van der Waals surface area contributed by atoms with E-state index in [0.29, 0.717) is 0 Å². The van der Waals surface area contributed by atoms with Gasteiger partial charge in [-0.3, -0.25) is 14.5 Å². The van der Waals surface area contributed by atoms with Crippen molar-refractivity contribution in [2.24, 2.45) is 5.92 Å². The number of urea groups is 1. The molecule has 1 aliphatic heterocycles. The number of hydrogen-bond acceptors (Lipinski definition) is 4. The third kappa shape index (κ3) is 4.19. The molecule has 0 bridgehead atoms. The topological polar surface area (TPSA) is 116 Å². The molecule has 8 nitrogen and oxygen atoms in total. The Labute approximate surface area is 129 Å². The van der Waals surface area contributed by atoms with Gasteiger partial charge in [-0.2, -0.15) is 0 Å². The van der Waals surface area contributed by atoms with Crippen LogP contribution in [-0.4, -0.2) is 51.9 Å². The van der Waals surface area contributed by atoms with E-state index in [1.54, 1.807) is 27.7 Å². The zero-order chi connectivity index (χ0) is 17.1. The highest BCUT2D eigenvalue weighted by Gasteiger charge is 2.43. The smallest absolute Gasteiger partial charge is 0.326 e. The van der Waals surface area contributed by atoms with Crippen molar-refractivity contribution in [3.05, 3.63) is 0 Å². The first-order chi connectivity index (χ1) is 10.1. The van der Waals surface area contributed by atoms with Crippen LogP contribution in [0, 0.1) is 5.92 Å². The van der Waals surface area contributed by atoms with E-state index in [1.807, 2.05) is 0 Å². The molecule has 1 fully saturated rings. The molecule has 8 heteroatoms. The van der Waals surface area contributed by atoms with Crippen molar-refractivity contribution in [3.8, 4) is 0 Å². The lowest BCUT2D eigenvalue weighted by atomic mass is 10.0. The van der Waals surface area contributed by atoms with Crippen molar-refractivity contribution >= 4 is 23.8 Å². The molecule has 1 heterocycles. The van der Waals surface area contributed by atoms with Gasteiger partial charge in [-0.05, 0) is 26.2 Å². The summed E-state index contributed by atoms with van der Waals surface area (Å²) < 4.78 is 0. The molecule has 3 N–H and O–H groups in total. The number of carbonyl (C=O) groups is 4. The number of nitrogens with one attached hydrogen (secondary N) is 2. The number of carboxylic acid groups (broad SMARTS) is 1. The van der Waals surface area contributed by atoms with E-state index in [9.17, 15) is 19.2 Å². The zero-order valence-corrected chi connectivity index (χ0v) is 13.3. The SMILES string of the molecule is CC(C)[C@H](NC(=O)CCCN1C(=O)NC(C)(C)C1=O)C(=O)O. The number of rotatable bonds is 7. The molecule has 0 aliphatic carbocycles. The molecule has 124 valence electrons. The van der Waals surface area contributed by atoms with Gasteiger partial charge in [0.2, 0.25) is 5.91 Å². The molecular formula is C14H23N3O5. The summed E-state index contributed by atoms with van der Waals surface area (Å²) in [6.07, 6.45) is 0.333. The van der Waals surface area contributed by atoms with E-state index in [0.717, 1.165) is 4.90 Å². The number of aliphatic carboxylic acids is 1. The number of carbonyl (C=O) groups excluding carboxylic acids is 3. The predicted octanol–water partition coefficient (Wildman–Crippen LogP) is 0.322. The minimum absolute atomic E-state index is 0.0496. The van der Waals surface area contributed by atoms with Gasteiger partial charge in [0, 0.05) is 13.0 Å². The predicted molar refractivity (Wildman–Crippen MR) is 78.0 cm³/mol. The van der Waals surface area contributed by atoms with Gasteiger partial charge in [-0.15, -0.1) is 0 Å². The van der Waals surface area contributed by atoms with E-state index in [1.165, 1.54) is 0 Å². The molecule has 0 aromatic heterocycles. The molecule has 0 spiro atoms. The maximum absolute atomic E-state index is 11.9. The van der Waals surface area contributed by atoms with Gasteiger partial charge in [0.15, 0.2) is 0 Å². The molecule has 1 aliphatic rings. The minimum atomic E-state index is -1.08. The fourth-order valence-corrected chi connectivity index (χ4v) is 2.18. The van der Waals surface area contributed by atoms with Gasteiger partial charge >= 0.3 is 12.0 Å². The average molecular weight is 313 g/mol. The molecule has 0 aromatic carbocycles. The normalized spacial score (nSPS) is 18.3. The Balaban J connectivity index is 2.44. The van der Waals surface area contributed by atoms with Crippen LogP contribution in [0.2, 0.25) is 0 Å². The van der Waals surface area contributed by atoms with Crippen molar-refractivity contribution in [2.45, 2.75) is 52.1 Å². The average Bonchev–Trinajstić information content (AvgIpc) is 2.57. The molecule has 0 unspecified atom stereocenters. The van der Waals surface area contributed by atoms with E-state index >= 15 is 0 Å². The van der Waals surface area contributed by atoms with Gasteiger partial charge in [0.1, 0.15) is 11.6 Å². The Morgan fingerprint density at radius 3 is 2.32 bits per heavy atom. The highest BCUT2D eigenvalue weighted by molar-refractivity contribution is 6.06. The van der Waals surface area contributed by atoms with Gasteiger partial charge in [0.05, 0.1) is 0 Å². The van der Waals surface area contributed by atoms with E-state index in [2.05, 4.69) is 10.6 Å². The van der Waals surface area contributed by atoms with Crippen molar-refractivity contribution in [2.75, 3.05) is 6.54 Å². The summed E-state index contributed by atoms with van der Waals surface area (Å²) in [5.74, 6) is -2.05. The fraction of sp³-hybridized carbons (Fsp3) is 0.714. The quantitative estimate of drug-likeness (QED) is 0.585. The zero-order valence-electron chi connectivity index (χ0n) is 13.3. The summed E-state index contributed by atoms with van der Waals surface area (Å²) in [5.41, 5.74) is -0.925. The maximum atomic E-state index is 11.9. The summed E-state index contributed by atoms with van der Waals surface area (Å²) in [7, 11) is 0. The summed E-state index contributed by atoms with van der Waals surface area (Å²) >= 11 is 0. The molecule has 4 amide bonds. The Morgan fingerprint density at radius 1 is 1.32 bits per heavy atom. The Kier molecular flexibility index (Phi) is 5.51. The Hall–Kier alpha value is -2.12. The molecule has 1 atom stereocenters. The van der Waals surface area contributed by atoms with Crippen molar-refractivity contribution in [3.63, 3.8) is 0 Å². The second-order valence-corrected chi connectivity index (χ2v) is 6.24. The van der Waals surface area contributed by atoms with Crippen LogP contribution < -0.4 is 10.6 Å². The summed E-state index contributed by atoms with van der Waals surface area (Å²) in [6.45, 7) is 6.75. The molecule has 1 saturated heterocycles. The van der Waals surface area contributed by atoms with Crippen LogP contribution in [0.3, 0.4) is 0 Å². The summed E-state index contributed by atoms with van der Waals surface area (Å²) in [4.78, 5) is 47.4. The standard InChI is InChI=1S/C14H23N3O5/c1-8(2)10(11(19)20)15-9(18)6-5-7-17-12(21)14(3,4)16-13(17)22/h8,10H,5-7H2,1-4H3,(H,15,18)(H,16,22)(H,19,20)/t10-/m0/s1. The molecule has 1 rings (SSSR count). The molecule has 0 radical (unpaired) electrons. The van der Waals surface area contributed by atoms with Crippen molar-refractivity contribution in [1.82, 2.24) is 15.5 Å². The maximum Gasteiger partial charge on any atom is 0.326 e. The van der Waals surface area contributed by atoms with Gasteiger partial charge in [-0.1, -0.05) is 13.8 Å². The lowest BCUT2D eigenvalue weighted by Crippen LogP contribution is -2.44. The van der Waals surface area contributed by atoms with Crippen LogP contribution in [0.25, 0.3) is 0 Å². The van der Waals surface area contributed by atoms with Gasteiger partial charge in [-0.25, -0.2) is 9.59 Å². The summed E-state index contributed by atoms with van der Waals surface area (Å²) in [5, 5.41) is 14.0. The monoisotopic (exact) mass is 313 g/mol. The fourth-order valence-electron chi connectivity index (χ4n) is 2.18. The lowest BCUT2D eigenvalue weighted by Gasteiger charge is -2.18. The third-order valence-electron chi connectivity index (χ3n) is 3.48. The van der Waals surface area contributed by atoms with E-state index in [4.69, 9.17) is 5.11 Å². The highest BCUT2D eigenvalue weighted by Crippen LogP contribution is 2.17. The largest absolute Gasteiger partial charge is 0.480 e. The third-order valence-corrected chi connectivity index (χ3v) is 3.48. The van der Waals surface area contributed by atoms with E-state index in [-0.39, 0.29) is 31.2 Å². The van der Waals surface area contributed by atoms with Crippen molar-refractivity contribution < 1.29 is 24.3 Å². The van der Waals surface area contributed by atoms with Crippen LogP contribution in [0.4, 0.5) is 4.79 Å². The number of imide groups is 1.